The normalized spacial score (nSPS) is 11.7. The molecule has 0 saturated heterocycles. The number of hydrogen-bond donors (Lipinski definition) is 0. The fourth-order valence-corrected chi connectivity index (χ4v) is 1.21. The average molecular weight is 235 g/mol. The summed E-state index contributed by atoms with van der Waals surface area (Å²) in [5, 5.41) is 11.3. The van der Waals surface area contributed by atoms with Crippen molar-refractivity contribution in [3.63, 3.8) is 0 Å². The van der Waals surface area contributed by atoms with Crippen molar-refractivity contribution >= 4 is 6.29 Å². The van der Waals surface area contributed by atoms with E-state index in [0.717, 1.165) is 0 Å². The number of aldehydes is 1. The maximum atomic E-state index is 10.4. The molecular weight excluding hydrogens is 222 g/mol. The van der Waals surface area contributed by atoms with E-state index < -0.39 is 0 Å². The van der Waals surface area contributed by atoms with Crippen molar-refractivity contribution in [3.8, 4) is 0 Å². The number of aromatic nitrogens is 5. The van der Waals surface area contributed by atoms with Crippen molar-refractivity contribution in [2.75, 3.05) is 0 Å². The molecule has 2 aromatic rings. The van der Waals surface area contributed by atoms with Gasteiger partial charge in [0.2, 0.25) is 5.89 Å². The Labute approximate surface area is 97.8 Å². The molecule has 7 nitrogen and oxygen atoms in total. The lowest BCUT2D eigenvalue weighted by Gasteiger charge is -2.10. The Morgan fingerprint density at radius 1 is 1.47 bits per heavy atom. The highest BCUT2D eigenvalue weighted by Gasteiger charge is 2.21. The van der Waals surface area contributed by atoms with Crippen LogP contribution in [0, 0.1) is 0 Å². The first-order valence-electron chi connectivity index (χ1n) is 5.17. The van der Waals surface area contributed by atoms with Crippen LogP contribution in [0.2, 0.25) is 0 Å². The average Bonchev–Trinajstić information content (AvgIpc) is 2.86. The van der Waals surface area contributed by atoms with Crippen LogP contribution >= 0.6 is 0 Å². The van der Waals surface area contributed by atoms with Gasteiger partial charge in [0.1, 0.15) is 12.2 Å². The molecule has 17 heavy (non-hydrogen) atoms. The summed E-state index contributed by atoms with van der Waals surface area (Å²) in [6.45, 7) is 6.31. The molecule has 0 amide bonds. The monoisotopic (exact) mass is 235 g/mol. The molecule has 0 bridgehead atoms. The highest BCUT2D eigenvalue weighted by atomic mass is 16.5. The highest BCUT2D eigenvalue weighted by molar-refractivity contribution is 5.70. The van der Waals surface area contributed by atoms with E-state index in [1.807, 2.05) is 20.8 Å². The Bertz CT molecular complexity index is 523. The van der Waals surface area contributed by atoms with Gasteiger partial charge in [-0.05, 0) is 0 Å². The highest BCUT2D eigenvalue weighted by Crippen LogP contribution is 2.18. The molecule has 2 heterocycles. The summed E-state index contributed by atoms with van der Waals surface area (Å²) in [4.78, 5) is 14.7. The largest absolute Gasteiger partial charge is 0.337 e. The van der Waals surface area contributed by atoms with E-state index in [9.17, 15) is 4.79 Å². The van der Waals surface area contributed by atoms with Crippen LogP contribution in [0.4, 0.5) is 0 Å². The standard InChI is InChI=1S/C10H13N5O2/c1-10(2,3)9-11-8(17-13-9)5-15-4-7(6-16)12-14-15/h4,6H,5H2,1-3H3. The second-order valence-corrected chi connectivity index (χ2v) is 4.72. The first-order valence-corrected chi connectivity index (χ1v) is 5.17. The van der Waals surface area contributed by atoms with Crippen molar-refractivity contribution < 1.29 is 9.32 Å². The summed E-state index contributed by atoms with van der Waals surface area (Å²) in [7, 11) is 0. The molecule has 0 aromatic carbocycles. The number of carbonyl (C=O) groups excluding carboxylic acids is 1. The lowest BCUT2D eigenvalue weighted by molar-refractivity contribution is 0.111. The fourth-order valence-electron chi connectivity index (χ4n) is 1.21. The summed E-state index contributed by atoms with van der Waals surface area (Å²) >= 11 is 0. The molecule has 0 N–H and O–H groups in total. The maximum absolute atomic E-state index is 10.4. The third-order valence-electron chi connectivity index (χ3n) is 2.11. The molecule has 2 aromatic heterocycles. The third kappa shape index (κ3) is 2.55. The van der Waals surface area contributed by atoms with Gasteiger partial charge >= 0.3 is 0 Å². The van der Waals surface area contributed by atoms with Crippen molar-refractivity contribution in [2.45, 2.75) is 32.7 Å². The first-order chi connectivity index (χ1) is 7.99. The van der Waals surface area contributed by atoms with Gasteiger partial charge in [0, 0.05) is 5.41 Å². The van der Waals surface area contributed by atoms with Gasteiger partial charge in [-0.25, -0.2) is 4.68 Å². The summed E-state index contributed by atoms with van der Waals surface area (Å²) in [6.07, 6.45) is 2.16. The Balaban J connectivity index is 2.14. The van der Waals surface area contributed by atoms with Crippen LogP contribution in [0.3, 0.4) is 0 Å². The van der Waals surface area contributed by atoms with E-state index >= 15 is 0 Å². The predicted molar refractivity (Wildman–Crippen MR) is 57.5 cm³/mol. The van der Waals surface area contributed by atoms with E-state index in [-0.39, 0.29) is 11.1 Å². The predicted octanol–water partition coefficient (Wildman–Crippen LogP) is 0.819. The Kier molecular flexibility index (Phi) is 2.74. The lowest BCUT2D eigenvalue weighted by Crippen LogP contribution is -2.13. The van der Waals surface area contributed by atoms with Gasteiger partial charge in [-0.1, -0.05) is 31.1 Å². The van der Waals surface area contributed by atoms with Crippen LogP contribution in [0.5, 0.6) is 0 Å². The minimum Gasteiger partial charge on any atom is -0.337 e. The van der Waals surface area contributed by atoms with E-state index in [0.29, 0.717) is 24.5 Å². The Morgan fingerprint density at radius 3 is 2.76 bits per heavy atom. The molecule has 0 saturated carbocycles. The second kappa shape index (κ2) is 4.08. The van der Waals surface area contributed by atoms with Crippen LogP contribution in [0.25, 0.3) is 0 Å². The quantitative estimate of drug-likeness (QED) is 0.732. The van der Waals surface area contributed by atoms with Gasteiger partial charge < -0.3 is 4.52 Å². The van der Waals surface area contributed by atoms with E-state index in [1.165, 1.54) is 10.9 Å². The van der Waals surface area contributed by atoms with Gasteiger partial charge in [-0.3, -0.25) is 4.79 Å². The van der Waals surface area contributed by atoms with Gasteiger partial charge in [-0.2, -0.15) is 4.98 Å². The van der Waals surface area contributed by atoms with Crippen LogP contribution in [0.15, 0.2) is 10.7 Å². The summed E-state index contributed by atoms with van der Waals surface area (Å²) in [6, 6.07) is 0. The smallest absolute Gasteiger partial charge is 0.248 e. The van der Waals surface area contributed by atoms with Crippen molar-refractivity contribution in [1.29, 1.82) is 0 Å². The SMILES string of the molecule is CC(C)(C)c1noc(Cn2cc(C=O)nn2)n1. The molecule has 0 aliphatic heterocycles. The Morgan fingerprint density at radius 2 is 2.24 bits per heavy atom. The van der Waals surface area contributed by atoms with Gasteiger partial charge in [0.15, 0.2) is 12.1 Å². The Hall–Kier alpha value is -2.05. The fraction of sp³-hybridized carbons (Fsp3) is 0.500. The molecule has 0 radical (unpaired) electrons. The maximum Gasteiger partial charge on any atom is 0.248 e. The van der Waals surface area contributed by atoms with Crippen LogP contribution in [0.1, 0.15) is 43.0 Å². The van der Waals surface area contributed by atoms with Crippen LogP contribution in [-0.4, -0.2) is 31.4 Å². The van der Waals surface area contributed by atoms with Crippen LogP contribution < -0.4 is 0 Å². The molecule has 0 aliphatic rings. The molecule has 0 fully saturated rings. The second-order valence-electron chi connectivity index (χ2n) is 4.72. The third-order valence-corrected chi connectivity index (χ3v) is 2.11. The van der Waals surface area contributed by atoms with Gasteiger partial charge in [-0.15, -0.1) is 5.10 Å². The van der Waals surface area contributed by atoms with Crippen molar-refractivity contribution in [2.24, 2.45) is 0 Å². The van der Waals surface area contributed by atoms with E-state index in [1.54, 1.807) is 0 Å². The molecule has 2 rings (SSSR count). The number of nitrogens with zero attached hydrogens (tertiary/aromatic N) is 5. The molecule has 7 heteroatoms. The number of rotatable bonds is 3. The van der Waals surface area contributed by atoms with Crippen molar-refractivity contribution in [3.05, 3.63) is 23.6 Å². The molecule has 0 spiro atoms. The van der Waals surface area contributed by atoms with Gasteiger partial charge in [0.25, 0.3) is 0 Å². The zero-order valence-electron chi connectivity index (χ0n) is 9.91. The zero-order chi connectivity index (χ0) is 12.5. The topological polar surface area (TPSA) is 86.7 Å². The zero-order valence-corrected chi connectivity index (χ0v) is 9.91. The summed E-state index contributed by atoms with van der Waals surface area (Å²) in [5.41, 5.74) is 0.124. The van der Waals surface area contributed by atoms with Gasteiger partial charge in [0.05, 0.1) is 6.20 Å². The van der Waals surface area contributed by atoms with Crippen molar-refractivity contribution in [1.82, 2.24) is 25.1 Å². The lowest BCUT2D eigenvalue weighted by atomic mass is 9.96. The molecule has 0 aliphatic carbocycles. The minimum absolute atomic E-state index is 0.155. The molecule has 0 unspecified atom stereocenters. The van der Waals surface area contributed by atoms with Crippen LogP contribution in [-0.2, 0) is 12.0 Å². The van der Waals surface area contributed by atoms with E-state index in [4.69, 9.17) is 4.52 Å². The minimum atomic E-state index is -0.155. The number of carbonyl (C=O) groups is 1. The summed E-state index contributed by atoms with van der Waals surface area (Å²) in [5.74, 6) is 1.08. The number of hydrogen-bond acceptors (Lipinski definition) is 6. The first kappa shape index (κ1) is 11.4. The molecular formula is C10H13N5O2. The summed E-state index contributed by atoms with van der Waals surface area (Å²) < 4.78 is 6.58. The molecule has 0 atom stereocenters. The molecule has 90 valence electrons. The van der Waals surface area contributed by atoms with E-state index in [2.05, 4.69) is 20.5 Å².